The zero-order valence-electron chi connectivity index (χ0n) is 13.9. The predicted molar refractivity (Wildman–Crippen MR) is 98.5 cm³/mol. The Hall–Kier alpha value is -3.72. The molecule has 6 heteroatoms. The first-order valence-corrected chi connectivity index (χ1v) is 7.76. The zero-order valence-corrected chi connectivity index (χ0v) is 13.9. The van der Waals surface area contributed by atoms with Gasteiger partial charge in [-0.25, -0.2) is 9.37 Å². The molecule has 0 spiro atoms. The molecule has 0 unspecified atom stereocenters. The lowest BCUT2D eigenvalue weighted by atomic mass is 9.92. The second kappa shape index (κ2) is 6.65. The molecular formula is C20H15FN4O. The molecule has 0 amide bonds. The van der Waals surface area contributed by atoms with Crippen LogP contribution in [0.3, 0.4) is 0 Å². The molecule has 0 fully saturated rings. The van der Waals surface area contributed by atoms with E-state index in [0.717, 1.165) is 17.8 Å². The van der Waals surface area contributed by atoms with Gasteiger partial charge in [-0.1, -0.05) is 29.8 Å². The van der Waals surface area contributed by atoms with Crippen molar-refractivity contribution in [2.45, 2.75) is 6.92 Å². The Balaban J connectivity index is 2.40. The molecule has 0 aliphatic rings. The number of aryl methyl sites for hydroxylation is 1. The molecule has 1 aromatic heterocycles. The molecule has 1 heterocycles. The number of pyridine rings is 1. The van der Waals surface area contributed by atoms with E-state index in [1.807, 2.05) is 31.2 Å². The average molecular weight is 346 g/mol. The van der Waals surface area contributed by atoms with Crippen molar-refractivity contribution < 1.29 is 9.50 Å². The summed E-state index contributed by atoms with van der Waals surface area (Å²) in [6, 6.07) is 13.1. The standard InChI is InChI=1S/C20H15FN4O/c1-11-2-4-12(5-3-11)18-15(9-22)19(25-20(24)16(18)10-23)14-7-6-13(26)8-17(14)21/h2-8,10,23,26H,1H3,(H2,24,25). The van der Waals surface area contributed by atoms with Crippen LogP contribution in [0.4, 0.5) is 10.2 Å². The Bertz CT molecular complexity index is 1050. The van der Waals surface area contributed by atoms with Crippen LogP contribution < -0.4 is 5.73 Å². The zero-order chi connectivity index (χ0) is 18.8. The second-order valence-corrected chi connectivity index (χ2v) is 5.80. The van der Waals surface area contributed by atoms with Crippen LogP contribution in [-0.4, -0.2) is 16.3 Å². The Kier molecular flexibility index (Phi) is 4.38. The number of nitrogens with two attached hydrogens (primary N) is 1. The highest BCUT2D eigenvalue weighted by molar-refractivity contribution is 5.98. The number of nitrogen functional groups attached to an aromatic ring is 1. The van der Waals surface area contributed by atoms with Crippen LogP contribution in [0.15, 0.2) is 42.5 Å². The summed E-state index contributed by atoms with van der Waals surface area (Å²) in [5.74, 6) is -0.921. The van der Waals surface area contributed by atoms with Gasteiger partial charge in [0.15, 0.2) is 0 Å². The highest BCUT2D eigenvalue weighted by Gasteiger charge is 2.21. The van der Waals surface area contributed by atoms with Crippen molar-refractivity contribution in [3.8, 4) is 34.2 Å². The van der Waals surface area contributed by atoms with E-state index in [-0.39, 0.29) is 28.4 Å². The quantitative estimate of drug-likeness (QED) is 0.623. The molecule has 3 aromatic rings. The molecule has 5 nitrogen and oxygen atoms in total. The van der Waals surface area contributed by atoms with Gasteiger partial charge in [0.25, 0.3) is 0 Å². The lowest BCUT2D eigenvalue weighted by molar-refractivity contribution is 0.469. The highest BCUT2D eigenvalue weighted by atomic mass is 19.1. The third-order valence-corrected chi connectivity index (χ3v) is 4.07. The number of nitriles is 1. The number of halogens is 1. The fraction of sp³-hybridized carbons (Fsp3) is 0.0500. The van der Waals surface area contributed by atoms with E-state index in [4.69, 9.17) is 11.1 Å². The number of rotatable bonds is 3. The van der Waals surface area contributed by atoms with Gasteiger partial charge in [-0.2, -0.15) is 5.26 Å². The van der Waals surface area contributed by atoms with Crippen molar-refractivity contribution in [2.75, 3.05) is 5.73 Å². The number of aromatic hydroxyl groups is 1. The summed E-state index contributed by atoms with van der Waals surface area (Å²) in [5, 5.41) is 26.9. The lowest BCUT2D eigenvalue weighted by Gasteiger charge is -2.15. The van der Waals surface area contributed by atoms with Gasteiger partial charge in [-0.15, -0.1) is 0 Å². The summed E-state index contributed by atoms with van der Waals surface area (Å²) < 4.78 is 14.4. The number of hydrogen-bond donors (Lipinski definition) is 3. The summed E-state index contributed by atoms with van der Waals surface area (Å²) in [7, 11) is 0. The maximum atomic E-state index is 14.4. The second-order valence-electron chi connectivity index (χ2n) is 5.80. The number of nitrogens with zero attached hydrogens (tertiary/aromatic N) is 2. The molecule has 0 saturated heterocycles. The first-order chi connectivity index (χ1) is 12.5. The predicted octanol–water partition coefficient (Wildman–Crippen LogP) is 4.02. The van der Waals surface area contributed by atoms with E-state index in [1.54, 1.807) is 0 Å². The van der Waals surface area contributed by atoms with Crippen LogP contribution in [-0.2, 0) is 0 Å². The Labute approximate surface area is 149 Å². The number of benzene rings is 2. The van der Waals surface area contributed by atoms with Gasteiger partial charge in [0.05, 0.1) is 11.3 Å². The number of nitrogens with one attached hydrogen (secondary N) is 1. The van der Waals surface area contributed by atoms with E-state index >= 15 is 0 Å². The Morgan fingerprint density at radius 3 is 2.50 bits per heavy atom. The molecule has 0 bridgehead atoms. The van der Waals surface area contributed by atoms with E-state index in [0.29, 0.717) is 16.7 Å². The van der Waals surface area contributed by atoms with Gasteiger partial charge < -0.3 is 16.2 Å². The molecule has 0 atom stereocenters. The number of phenols is 1. The van der Waals surface area contributed by atoms with Crippen LogP contribution in [0.5, 0.6) is 5.75 Å². The minimum Gasteiger partial charge on any atom is -0.508 e. The van der Waals surface area contributed by atoms with Crippen LogP contribution in [0.25, 0.3) is 22.4 Å². The van der Waals surface area contributed by atoms with Crippen molar-refractivity contribution >= 4 is 12.0 Å². The maximum Gasteiger partial charge on any atom is 0.136 e. The SMILES string of the molecule is Cc1ccc(-c2c(C#N)c(-c3ccc(O)cc3F)nc(N)c2C=N)cc1. The van der Waals surface area contributed by atoms with Crippen LogP contribution in [0.2, 0.25) is 0 Å². The number of hydrogen-bond acceptors (Lipinski definition) is 5. The Morgan fingerprint density at radius 1 is 1.23 bits per heavy atom. The summed E-state index contributed by atoms with van der Waals surface area (Å²) in [6.45, 7) is 1.94. The number of aromatic nitrogens is 1. The van der Waals surface area contributed by atoms with Crippen LogP contribution in [0.1, 0.15) is 16.7 Å². The first-order valence-electron chi connectivity index (χ1n) is 7.76. The van der Waals surface area contributed by atoms with Gasteiger partial charge in [0.2, 0.25) is 0 Å². The van der Waals surface area contributed by atoms with Crippen molar-refractivity contribution in [1.82, 2.24) is 4.98 Å². The normalized spacial score (nSPS) is 10.3. The van der Waals surface area contributed by atoms with Crippen LogP contribution in [0, 0.1) is 29.5 Å². The summed E-state index contributed by atoms with van der Waals surface area (Å²) in [5.41, 5.74) is 8.68. The number of anilines is 1. The van der Waals surface area contributed by atoms with E-state index < -0.39 is 5.82 Å². The molecule has 3 rings (SSSR count). The van der Waals surface area contributed by atoms with E-state index in [1.165, 1.54) is 12.1 Å². The minimum atomic E-state index is -0.717. The summed E-state index contributed by atoms with van der Waals surface area (Å²) in [4.78, 5) is 4.16. The summed E-state index contributed by atoms with van der Waals surface area (Å²) >= 11 is 0. The van der Waals surface area contributed by atoms with Gasteiger partial charge in [0, 0.05) is 29.0 Å². The molecule has 128 valence electrons. The average Bonchev–Trinajstić information content (AvgIpc) is 2.61. The molecule has 2 aromatic carbocycles. The van der Waals surface area contributed by atoms with E-state index in [9.17, 15) is 14.8 Å². The highest BCUT2D eigenvalue weighted by Crippen LogP contribution is 2.36. The first kappa shape index (κ1) is 17.1. The third-order valence-electron chi connectivity index (χ3n) is 4.07. The maximum absolute atomic E-state index is 14.4. The van der Waals surface area contributed by atoms with Crippen LogP contribution >= 0.6 is 0 Å². The Morgan fingerprint density at radius 2 is 1.92 bits per heavy atom. The fourth-order valence-corrected chi connectivity index (χ4v) is 2.78. The minimum absolute atomic E-state index is 0.0250. The number of phenolic OH excluding ortho intramolecular Hbond substituents is 1. The van der Waals surface area contributed by atoms with Crippen molar-refractivity contribution in [2.24, 2.45) is 0 Å². The van der Waals surface area contributed by atoms with Crippen molar-refractivity contribution in [1.29, 1.82) is 10.7 Å². The van der Waals surface area contributed by atoms with Gasteiger partial charge >= 0.3 is 0 Å². The van der Waals surface area contributed by atoms with Gasteiger partial charge in [0.1, 0.15) is 23.5 Å². The van der Waals surface area contributed by atoms with Crippen molar-refractivity contribution in [3.05, 3.63) is 65.0 Å². The third kappa shape index (κ3) is 2.87. The van der Waals surface area contributed by atoms with Crippen molar-refractivity contribution in [3.63, 3.8) is 0 Å². The summed E-state index contributed by atoms with van der Waals surface area (Å²) in [6.07, 6.45) is 1.04. The topological polar surface area (TPSA) is 107 Å². The molecule has 0 saturated carbocycles. The molecule has 4 N–H and O–H groups in total. The monoisotopic (exact) mass is 346 g/mol. The molecule has 26 heavy (non-hydrogen) atoms. The molecular weight excluding hydrogens is 331 g/mol. The molecule has 0 aliphatic heterocycles. The van der Waals surface area contributed by atoms with Gasteiger partial charge in [-0.05, 0) is 24.6 Å². The lowest BCUT2D eigenvalue weighted by Crippen LogP contribution is -2.06. The van der Waals surface area contributed by atoms with Gasteiger partial charge in [-0.3, -0.25) is 0 Å². The molecule has 0 radical (unpaired) electrons. The van der Waals surface area contributed by atoms with E-state index in [2.05, 4.69) is 11.1 Å². The smallest absolute Gasteiger partial charge is 0.136 e. The molecule has 0 aliphatic carbocycles. The largest absolute Gasteiger partial charge is 0.508 e. The fourth-order valence-electron chi connectivity index (χ4n) is 2.78.